The first-order chi connectivity index (χ1) is 9.40. The Bertz CT molecular complexity index is 762. The molecule has 20 heavy (non-hydrogen) atoms. The third-order valence-corrected chi connectivity index (χ3v) is 4.40. The minimum Gasteiger partial charge on any atom is -0.318 e. The first kappa shape index (κ1) is 14.5. The van der Waals surface area contributed by atoms with Gasteiger partial charge >= 0.3 is 0 Å². The third kappa shape index (κ3) is 3.15. The van der Waals surface area contributed by atoms with Gasteiger partial charge in [0, 0.05) is 25.4 Å². The maximum absolute atomic E-state index is 12.1. The summed E-state index contributed by atoms with van der Waals surface area (Å²) in [4.78, 5) is 12.0. The second-order valence-corrected chi connectivity index (χ2v) is 6.35. The quantitative estimate of drug-likeness (QED) is 0.920. The molecule has 2 rings (SSSR count). The molecular weight excluding hydrogens is 276 g/mol. The van der Waals surface area contributed by atoms with Crippen molar-refractivity contribution in [2.75, 3.05) is 0 Å². The van der Waals surface area contributed by atoms with Gasteiger partial charge in [0.15, 0.2) is 0 Å². The van der Waals surface area contributed by atoms with Crippen LogP contribution in [0.15, 0.2) is 52.3 Å². The fourth-order valence-electron chi connectivity index (χ4n) is 1.76. The van der Waals surface area contributed by atoms with E-state index in [0.717, 1.165) is 5.56 Å². The predicted octanol–water partition coefficient (Wildman–Crippen LogP) is 1.17. The molecule has 1 N–H and O–H groups in total. The number of sulfonamides is 1. The Morgan fingerprint density at radius 1 is 1.15 bits per heavy atom. The molecular formula is C14H16N2O3S. The van der Waals surface area contributed by atoms with Crippen molar-refractivity contribution in [2.24, 2.45) is 7.05 Å². The fraction of sp³-hybridized carbons (Fsp3) is 0.214. The van der Waals surface area contributed by atoms with E-state index in [9.17, 15) is 13.2 Å². The molecule has 0 atom stereocenters. The Kier molecular flexibility index (Phi) is 4.06. The van der Waals surface area contributed by atoms with Crippen LogP contribution in [-0.4, -0.2) is 13.0 Å². The molecule has 2 aromatic rings. The Labute approximate surface area is 117 Å². The number of aromatic nitrogens is 1. The molecule has 0 saturated carbocycles. The Morgan fingerprint density at radius 3 is 2.45 bits per heavy atom. The van der Waals surface area contributed by atoms with Gasteiger partial charge in [-0.05, 0) is 25.1 Å². The second kappa shape index (κ2) is 5.60. The number of hydrogen-bond acceptors (Lipinski definition) is 3. The van der Waals surface area contributed by atoms with E-state index in [1.165, 1.54) is 4.57 Å². The number of nitrogens with one attached hydrogen (secondary N) is 1. The molecule has 0 radical (unpaired) electrons. The maximum Gasteiger partial charge on any atom is 0.254 e. The first-order valence-electron chi connectivity index (χ1n) is 6.11. The average Bonchev–Trinajstić information content (AvgIpc) is 2.41. The highest BCUT2D eigenvalue weighted by Gasteiger charge is 2.14. The third-order valence-electron chi connectivity index (χ3n) is 2.99. The fourth-order valence-corrected chi connectivity index (χ4v) is 2.77. The molecule has 5 nitrogen and oxygen atoms in total. The topological polar surface area (TPSA) is 68.2 Å². The summed E-state index contributed by atoms with van der Waals surface area (Å²) in [5.74, 6) is 0. The Morgan fingerprint density at radius 2 is 1.80 bits per heavy atom. The number of benzene rings is 1. The summed E-state index contributed by atoms with van der Waals surface area (Å²) in [6.45, 7) is 1.86. The SMILES string of the molecule is Cc1ccc(S(=O)(=O)NCc2cccn(C)c2=O)cc1. The van der Waals surface area contributed by atoms with Crippen LogP contribution >= 0.6 is 0 Å². The summed E-state index contributed by atoms with van der Waals surface area (Å²) in [7, 11) is -1.98. The summed E-state index contributed by atoms with van der Waals surface area (Å²) in [5, 5.41) is 0. The minimum atomic E-state index is -3.60. The van der Waals surface area contributed by atoms with Crippen molar-refractivity contribution in [3.05, 3.63) is 64.1 Å². The summed E-state index contributed by atoms with van der Waals surface area (Å²) in [6.07, 6.45) is 1.63. The molecule has 106 valence electrons. The monoisotopic (exact) mass is 292 g/mol. The van der Waals surface area contributed by atoms with E-state index >= 15 is 0 Å². The molecule has 1 aromatic carbocycles. The van der Waals surface area contributed by atoms with Gasteiger partial charge in [-0.15, -0.1) is 0 Å². The zero-order valence-electron chi connectivity index (χ0n) is 11.3. The van der Waals surface area contributed by atoms with Crippen LogP contribution in [0.25, 0.3) is 0 Å². The van der Waals surface area contributed by atoms with Crippen molar-refractivity contribution in [3.63, 3.8) is 0 Å². The molecule has 0 bridgehead atoms. The Balaban J connectivity index is 2.19. The normalized spacial score (nSPS) is 11.5. The summed E-state index contributed by atoms with van der Waals surface area (Å²) >= 11 is 0. The number of rotatable bonds is 4. The van der Waals surface area contributed by atoms with E-state index in [4.69, 9.17) is 0 Å². The molecule has 0 fully saturated rings. The van der Waals surface area contributed by atoms with Crippen molar-refractivity contribution in [1.29, 1.82) is 0 Å². The van der Waals surface area contributed by atoms with Crippen molar-refractivity contribution in [2.45, 2.75) is 18.4 Å². The lowest BCUT2D eigenvalue weighted by atomic mass is 10.2. The number of pyridine rings is 1. The zero-order chi connectivity index (χ0) is 14.8. The van der Waals surface area contributed by atoms with Crippen molar-refractivity contribution < 1.29 is 8.42 Å². The van der Waals surface area contributed by atoms with Crippen LogP contribution in [0.2, 0.25) is 0 Å². The molecule has 1 aromatic heterocycles. The zero-order valence-corrected chi connectivity index (χ0v) is 12.1. The van der Waals surface area contributed by atoms with Crippen LogP contribution in [0.1, 0.15) is 11.1 Å². The van der Waals surface area contributed by atoms with E-state index in [-0.39, 0.29) is 17.0 Å². The number of aryl methyl sites for hydroxylation is 2. The van der Waals surface area contributed by atoms with Crippen LogP contribution in [-0.2, 0) is 23.6 Å². The van der Waals surface area contributed by atoms with Gasteiger partial charge in [0.25, 0.3) is 5.56 Å². The average molecular weight is 292 g/mol. The molecule has 0 spiro atoms. The first-order valence-corrected chi connectivity index (χ1v) is 7.59. The van der Waals surface area contributed by atoms with Gasteiger partial charge in [-0.1, -0.05) is 23.8 Å². The molecule has 0 aliphatic heterocycles. The Hall–Kier alpha value is -1.92. The van der Waals surface area contributed by atoms with E-state index < -0.39 is 10.0 Å². The van der Waals surface area contributed by atoms with Crippen LogP contribution in [0, 0.1) is 6.92 Å². The van der Waals surface area contributed by atoms with Gasteiger partial charge in [-0.2, -0.15) is 0 Å². The van der Waals surface area contributed by atoms with E-state index in [2.05, 4.69) is 4.72 Å². The lowest BCUT2D eigenvalue weighted by Gasteiger charge is -2.07. The highest BCUT2D eigenvalue weighted by molar-refractivity contribution is 7.89. The summed E-state index contributed by atoms with van der Waals surface area (Å²) in [5.41, 5.74) is 1.19. The molecule has 1 heterocycles. The molecule has 0 amide bonds. The molecule has 0 aliphatic carbocycles. The summed E-state index contributed by atoms with van der Waals surface area (Å²) in [6, 6.07) is 9.87. The largest absolute Gasteiger partial charge is 0.318 e. The van der Waals surface area contributed by atoms with Crippen molar-refractivity contribution in [3.8, 4) is 0 Å². The van der Waals surface area contributed by atoms with Crippen LogP contribution in [0.5, 0.6) is 0 Å². The van der Waals surface area contributed by atoms with Gasteiger partial charge in [0.2, 0.25) is 10.0 Å². The molecule has 6 heteroatoms. The number of hydrogen-bond donors (Lipinski definition) is 1. The lowest BCUT2D eigenvalue weighted by molar-refractivity contribution is 0.580. The van der Waals surface area contributed by atoms with Crippen molar-refractivity contribution in [1.82, 2.24) is 9.29 Å². The lowest BCUT2D eigenvalue weighted by Crippen LogP contribution is -2.28. The van der Waals surface area contributed by atoms with Gasteiger partial charge in [-0.25, -0.2) is 13.1 Å². The maximum atomic E-state index is 12.1. The van der Waals surface area contributed by atoms with Crippen LogP contribution < -0.4 is 10.3 Å². The van der Waals surface area contributed by atoms with Gasteiger partial charge in [0.05, 0.1) is 4.90 Å². The highest BCUT2D eigenvalue weighted by atomic mass is 32.2. The van der Waals surface area contributed by atoms with Gasteiger partial charge in [-0.3, -0.25) is 4.79 Å². The van der Waals surface area contributed by atoms with E-state index in [1.807, 2.05) is 6.92 Å². The molecule has 0 unspecified atom stereocenters. The molecule has 0 saturated heterocycles. The van der Waals surface area contributed by atoms with Crippen LogP contribution in [0.4, 0.5) is 0 Å². The van der Waals surface area contributed by atoms with E-state index in [1.54, 1.807) is 49.6 Å². The van der Waals surface area contributed by atoms with Gasteiger partial charge in [0.1, 0.15) is 0 Å². The predicted molar refractivity (Wildman–Crippen MR) is 76.9 cm³/mol. The highest BCUT2D eigenvalue weighted by Crippen LogP contribution is 2.10. The van der Waals surface area contributed by atoms with Crippen molar-refractivity contribution >= 4 is 10.0 Å². The van der Waals surface area contributed by atoms with Crippen LogP contribution in [0.3, 0.4) is 0 Å². The van der Waals surface area contributed by atoms with E-state index in [0.29, 0.717) is 5.56 Å². The molecule has 0 aliphatic rings. The van der Waals surface area contributed by atoms with Gasteiger partial charge < -0.3 is 4.57 Å². The minimum absolute atomic E-state index is 0.0241. The standard InChI is InChI=1S/C14H16N2O3S/c1-11-5-7-13(8-6-11)20(18,19)15-10-12-4-3-9-16(2)14(12)17/h3-9,15H,10H2,1-2H3. The summed E-state index contributed by atoms with van der Waals surface area (Å²) < 4.78 is 28.0. The smallest absolute Gasteiger partial charge is 0.254 e. The second-order valence-electron chi connectivity index (χ2n) is 4.59. The number of nitrogens with zero attached hydrogens (tertiary/aromatic N) is 1.